The number of hydrogen-bond acceptors (Lipinski definition) is 5. The Kier molecular flexibility index (Phi) is 3.86. The Bertz CT molecular complexity index is 324. The lowest BCUT2D eigenvalue weighted by Crippen LogP contribution is -2.44. The minimum absolute atomic E-state index is 0.136. The number of rotatable bonds is 2. The van der Waals surface area contributed by atoms with Crippen LogP contribution in [0, 0.1) is 11.5 Å². The standard InChI is InChI=1S/C8H16N4OS/c1-8(10)6-12-2-4-14(13,5-3-12)11-7-9/h8H,2-6,10H2,1H3/t8-/m0/s1. The summed E-state index contributed by atoms with van der Waals surface area (Å²) in [6.07, 6.45) is 1.64. The average Bonchev–Trinajstić information content (AvgIpc) is 2.09. The molecule has 0 bridgehead atoms. The molecule has 0 unspecified atom stereocenters. The Balaban J connectivity index is 2.51. The minimum Gasteiger partial charge on any atom is -0.327 e. The quantitative estimate of drug-likeness (QED) is 0.637. The lowest BCUT2D eigenvalue weighted by atomic mass is 10.3. The summed E-state index contributed by atoms with van der Waals surface area (Å²) >= 11 is 0. The molecule has 1 rings (SSSR count). The molecule has 1 aliphatic rings. The van der Waals surface area contributed by atoms with E-state index in [1.807, 2.05) is 6.92 Å². The molecule has 1 heterocycles. The highest BCUT2D eigenvalue weighted by Gasteiger charge is 2.20. The van der Waals surface area contributed by atoms with Gasteiger partial charge < -0.3 is 5.73 Å². The van der Waals surface area contributed by atoms with Crippen molar-refractivity contribution in [1.82, 2.24) is 4.90 Å². The average molecular weight is 216 g/mol. The molecular formula is C8H16N4OS. The van der Waals surface area contributed by atoms with Crippen LogP contribution in [-0.4, -0.2) is 46.3 Å². The molecule has 0 amide bonds. The Morgan fingerprint density at radius 2 is 2.21 bits per heavy atom. The maximum atomic E-state index is 11.8. The van der Waals surface area contributed by atoms with Gasteiger partial charge in [0.05, 0.1) is 9.73 Å². The van der Waals surface area contributed by atoms with Crippen molar-refractivity contribution in [3.63, 3.8) is 0 Å². The molecule has 1 atom stereocenters. The first-order valence-electron chi connectivity index (χ1n) is 4.64. The van der Waals surface area contributed by atoms with Gasteiger partial charge in [-0.05, 0) is 6.92 Å². The molecule has 14 heavy (non-hydrogen) atoms. The summed E-state index contributed by atoms with van der Waals surface area (Å²) in [6.45, 7) is 4.23. The topological polar surface area (TPSA) is 82.5 Å². The van der Waals surface area contributed by atoms with E-state index in [4.69, 9.17) is 11.0 Å². The minimum atomic E-state index is -2.23. The summed E-state index contributed by atoms with van der Waals surface area (Å²) in [5.41, 5.74) is 5.66. The van der Waals surface area contributed by atoms with Crippen molar-refractivity contribution >= 4 is 9.73 Å². The van der Waals surface area contributed by atoms with Gasteiger partial charge in [0.25, 0.3) is 0 Å². The molecule has 0 spiro atoms. The zero-order valence-electron chi connectivity index (χ0n) is 8.35. The van der Waals surface area contributed by atoms with Gasteiger partial charge in [-0.3, -0.25) is 4.90 Å². The largest absolute Gasteiger partial charge is 0.327 e. The second-order valence-corrected chi connectivity index (χ2v) is 6.19. The first-order valence-corrected chi connectivity index (χ1v) is 6.49. The zero-order chi connectivity index (χ0) is 10.6. The highest BCUT2D eigenvalue weighted by Crippen LogP contribution is 2.06. The van der Waals surface area contributed by atoms with E-state index in [0.29, 0.717) is 11.5 Å². The van der Waals surface area contributed by atoms with E-state index < -0.39 is 9.73 Å². The Hall–Kier alpha value is -0.640. The Labute approximate surface area is 85.1 Å². The van der Waals surface area contributed by atoms with Gasteiger partial charge >= 0.3 is 0 Å². The fourth-order valence-corrected chi connectivity index (χ4v) is 3.14. The Morgan fingerprint density at radius 1 is 1.64 bits per heavy atom. The maximum absolute atomic E-state index is 11.8. The van der Waals surface area contributed by atoms with Crippen molar-refractivity contribution in [3.05, 3.63) is 0 Å². The number of hydrogen-bond donors (Lipinski definition) is 1. The van der Waals surface area contributed by atoms with Crippen LogP contribution in [0.15, 0.2) is 4.36 Å². The lowest BCUT2D eigenvalue weighted by molar-refractivity contribution is 0.284. The van der Waals surface area contributed by atoms with Gasteiger partial charge in [0, 0.05) is 37.2 Å². The summed E-state index contributed by atoms with van der Waals surface area (Å²) in [5, 5.41) is 8.37. The predicted molar refractivity (Wildman–Crippen MR) is 56.0 cm³/mol. The van der Waals surface area contributed by atoms with Crippen molar-refractivity contribution in [1.29, 1.82) is 5.26 Å². The molecule has 0 aliphatic carbocycles. The third kappa shape index (κ3) is 3.25. The van der Waals surface area contributed by atoms with Gasteiger partial charge in [-0.2, -0.15) is 5.26 Å². The predicted octanol–water partition coefficient (Wildman–Crippen LogP) is -0.402. The highest BCUT2D eigenvalue weighted by atomic mass is 32.2. The van der Waals surface area contributed by atoms with Gasteiger partial charge in [-0.1, -0.05) is 0 Å². The molecule has 80 valence electrons. The highest BCUT2D eigenvalue weighted by molar-refractivity contribution is 7.93. The van der Waals surface area contributed by atoms with Crippen molar-refractivity contribution in [2.45, 2.75) is 13.0 Å². The molecule has 6 heteroatoms. The normalized spacial score (nSPS) is 23.8. The molecule has 1 saturated heterocycles. The second kappa shape index (κ2) is 4.73. The third-order valence-electron chi connectivity index (χ3n) is 2.21. The molecule has 0 radical (unpaired) electrons. The van der Waals surface area contributed by atoms with E-state index >= 15 is 0 Å². The first kappa shape index (κ1) is 11.4. The molecule has 0 aromatic carbocycles. The fraction of sp³-hybridized carbons (Fsp3) is 0.875. The van der Waals surface area contributed by atoms with E-state index in [9.17, 15) is 4.21 Å². The van der Waals surface area contributed by atoms with Crippen LogP contribution < -0.4 is 5.73 Å². The van der Waals surface area contributed by atoms with Crippen LogP contribution in [0.1, 0.15) is 6.92 Å². The van der Waals surface area contributed by atoms with Crippen molar-refractivity contribution in [2.24, 2.45) is 10.1 Å². The number of nitriles is 1. The molecule has 1 fully saturated rings. The SMILES string of the molecule is C[C@H](N)CN1CCS(=O)(=NC#N)CC1. The lowest BCUT2D eigenvalue weighted by Gasteiger charge is -2.29. The van der Waals surface area contributed by atoms with Crippen LogP contribution in [0.3, 0.4) is 0 Å². The van der Waals surface area contributed by atoms with E-state index in [2.05, 4.69) is 9.26 Å². The molecule has 0 aromatic rings. The first-order chi connectivity index (χ1) is 6.56. The van der Waals surface area contributed by atoms with E-state index in [1.54, 1.807) is 6.19 Å². The Morgan fingerprint density at radius 3 is 2.64 bits per heavy atom. The van der Waals surface area contributed by atoms with Crippen LogP contribution >= 0.6 is 0 Å². The molecule has 1 aliphatic heterocycles. The summed E-state index contributed by atoms with van der Waals surface area (Å²) in [4.78, 5) is 2.17. The van der Waals surface area contributed by atoms with Crippen molar-refractivity contribution in [2.75, 3.05) is 31.1 Å². The van der Waals surface area contributed by atoms with Gasteiger partial charge in [0.1, 0.15) is 0 Å². The zero-order valence-corrected chi connectivity index (χ0v) is 9.16. The van der Waals surface area contributed by atoms with Gasteiger partial charge in [-0.25, -0.2) is 4.21 Å². The van der Waals surface area contributed by atoms with Gasteiger partial charge in [-0.15, -0.1) is 4.36 Å². The van der Waals surface area contributed by atoms with Crippen LogP contribution in [-0.2, 0) is 9.73 Å². The maximum Gasteiger partial charge on any atom is 0.214 e. The number of nitrogens with two attached hydrogens (primary N) is 1. The summed E-state index contributed by atoms with van der Waals surface area (Å²) < 4.78 is 15.3. The molecule has 2 N–H and O–H groups in total. The second-order valence-electron chi connectivity index (χ2n) is 3.65. The third-order valence-corrected chi connectivity index (χ3v) is 4.26. The van der Waals surface area contributed by atoms with E-state index in [1.165, 1.54) is 0 Å². The van der Waals surface area contributed by atoms with Crippen molar-refractivity contribution < 1.29 is 4.21 Å². The molecule has 0 saturated carbocycles. The van der Waals surface area contributed by atoms with Gasteiger partial charge in [0.15, 0.2) is 0 Å². The van der Waals surface area contributed by atoms with Crippen LogP contribution in [0.4, 0.5) is 0 Å². The van der Waals surface area contributed by atoms with Crippen molar-refractivity contribution in [3.8, 4) is 6.19 Å². The molecular weight excluding hydrogens is 200 g/mol. The molecule has 5 nitrogen and oxygen atoms in total. The fourth-order valence-electron chi connectivity index (χ4n) is 1.51. The van der Waals surface area contributed by atoms with Crippen LogP contribution in [0.2, 0.25) is 0 Å². The van der Waals surface area contributed by atoms with E-state index in [-0.39, 0.29) is 6.04 Å². The summed E-state index contributed by atoms with van der Waals surface area (Å²) in [7, 11) is -2.23. The monoisotopic (exact) mass is 216 g/mol. The molecule has 0 aromatic heterocycles. The summed E-state index contributed by atoms with van der Waals surface area (Å²) in [5.74, 6) is 0.987. The van der Waals surface area contributed by atoms with Crippen LogP contribution in [0.25, 0.3) is 0 Å². The van der Waals surface area contributed by atoms with E-state index in [0.717, 1.165) is 19.6 Å². The van der Waals surface area contributed by atoms with Crippen LogP contribution in [0.5, 0.6) is 0 Å². The summed E-state index contributed by atoms with van der Waals surface area (Å²) in [6, 6.07) is 0.136. The smallest absolute Gasteiger partial charge is 0.214 e. The van der Waals surface area contributed by atoms with Gasteiger partial charge in [0.2, 0.25) is 6.19 Å². The number of nitrogens with zero attached hydrogens (tertiary/aromatic N) is 3.